The van der Waals surface area contributed by atoms with Gasteiger partial charge in [0.15, 0.2) is 0 Å². The van der Waals surface area contributed by atoms with Gasteiger partial charge in [-0.2, -0.15) is 0 Å². The number of carbonyl (C=O) groups excluding carboxylic acids is 1. The van der Waals surface area contributed by atoms with Crippen molar-refractivity contribution in [2.24, 2.45) is 11.8 Å². The van der Waals surface area contributed by atoms with Crippen molar-refractivity contribution >= 4 is 12.1 Å². The maximum Gasteiger partial charge on any atom is 0.408 e. The van der Waals surface area contributed by atoms with Crippen molar-refractivity contribution in [2.75, 3.05) is 0 Å². The first-order valence-corrected chi connectivity index (χ1v) is 7.29. The normalized spacial score (nSPS) is 30.6. The van der Waals surface area contributed by atoms with Gasteiger partial charge in [-0.05, 0) is 39.0 Å². The lowest BCUT2D eigenvalue weighted by Crippen LogP contribution is -2.58. The summed E-state index contributed by atoms with van der Waals surface area (Å²) in [7, 11) is 0. The van der Waals surface area contributed by atoms with E-state index in [4.69, 9.17) is 4.74 Å². The fourth-order valence-electron chi connectivity index (χ4n) is 3.01. The van der Waals surface area contributed by atoms with Crippen molar-refractivity contribution in [1.82, 2.24) is 5.32 Å². The lowest BCUT2D eigenvalue weighted by Gasteiger charge is -2.45. The van der Waals surface area contributed by atoms with Crippen LogP contribution in [0.4, 0.5) is 4.79 Å². The number of aliphatic carboxylic acids is 1. The first kappa shape index (κ1) is 16.8. The number of amides is 1. The Bertz CT molecular complexity index is 375. The number of nitrogens with one attached hydrogen (secondary N) is 1. The highest BCUT2D eigenvalue weighted by Crippen LogP contribution is 2.40. The van der Waals surface area contributed by atoms with Crippen molar-refractivity contribution in [3.63, 3.8) is 0 Å². The number of carboxylic acid groups (broad SMARTS) is 1. The molecule has 5 nitrogen and oxygen atoms in total. The van der Waals surface area contributed by atoms with E-state index in [-0.39, 0.29) is 12.3 Å². The Labute approximate surface area is 121 Å². The summed E-state index contributed by atoms with van der Waals surface area (Å²) in [5.41, 5.74) is -1.29. The van der Waals surface area contributed by atoms with Crippen LogP contribution in [0.3, 0.4) is 0 Å². The molecule has 1 aliphatic rings. The second kappa shape index (κ2) is 6.02. The van der Waals surface area contributed by atoms with E-state index in [2.05, 4.69) is 12.2 Å². The van der Waals surface area contributed by atoms with Crippen molar-refractivity contribution in [3.8, 4) is 0 Å². The maximum absolute atomic E-state index is 12.0. The van der Waals surface area contributed by atoms with Gasteiger partial charge in [-0.3, -0.25) is 4.79 Å². The standard InChI is InChI=1S/C15H27NO4/c1-10-7-6-8-15(11(10)2,9-12(17)18)16-13(19)20-14(3,4)5/h10-11H,6-9H2,1-5H3,(H,16,19)(H,17,18). The number of ether oxygens (including phenoxy) is 1. The van der Waals surface area contributed by atoms with Gasteiger partial charge in [0.2, 0.25) is 0 Å². The topological polar surface area (TPSA) is 75.6 Å². The summed E-state index contributed by atoms with van der Waals surface area (Å²) in [5.74, 6) is -0.389. The molecule has 0 aromatic carbocycles. The molecule has 0 spiro atoms. The van der Waals surface area contributed by atoms with Crippen LogP contribution in [0.2, 0.25) is 0 Å². The van der Waals surface area contributed by atoms with Crippen LogP contribution in [0.25, 0.3) is 0 Å². The van der Waals surface area contributed by atoms with Gasteiger partial charge < -0.3 is 15.2 Å². The number of hydrogen-bond donors (Lipinski definition) is 2. The van der Waals surface area contributed by atoms with Crippen LogP contribution in [-0.4, -0.2) is 28.3 Å². The number of carbonyl (C=O) groups is 2. The van der Waals surface area contributed by atoms with Gasteiger partial charge in [0, 0.05) is 0 Å². The Hall–Kier alpha value is -1.26. The van der Waals surface area contributed by atoms with Gasteiger partial charge in [-0.15, -0.1) is 0 Å². The maximum atomic E-state index is 12.0. The van der Waals surface area contributed by atoms with Gasteiger partial charge in [0.05, 0.1) is 12.0 Å². The van der Waals surface area contributed by atoms with Crippen molar-refractivity contribution in [2.45, 2.75) is 71.4 Å². The molecule has 1 saturated carbocycles. The zero-order chi connectivity index (χ0) is 15.6. The van der Waals surface area contributed by atoms with Gasteiger partial charge >= 0.3 is 12.1 Å². The molecular weight excluding hydrogens is 258 g/mol. The zero-order valence-corrected chi connectivity index (χ0v) is 13.2. The summed E-state index contributed by atoms with van der Waals surface area (Å²) in [6, 6.07) is 0. The molecule has 3 unspecified atom stereocenters. The molecule has 1 aliphatic carbocycles. The molecule has 0 aromatic heterocycles. The van der Waals surface area contributed by atoms with Crippen LogP contribution in [0.15, 0.2) is 0 Å². The number of alkyl carbamates (subject to hydrolysis) is 1. The third kappa shape index (κ3) is 4.39. The fourth-order valence-corrected chi connectivity index (χ4v) is 3.01. The summed E-state index contributed by atoms with van der Waals surface area (Å²) in [5, 5.41) is 12.0. The van der Waals surface area contributed by atoms with Crippen LogP contribution in [0, 0.1) is 11.8 Å². The largest absolute Gasteiger partial charge is 0.481 e. The SMILES string of the molecule is CC1CCCC(CC(=O)O)(NC(=O)OC(C)(C)C)C1C. The molecule has 0 radical (unpaired) electrons. The van der Waals surface area contributed by atoms with E-state index < -0.39 is 23.2 Å². The average molecular weight is 285 g/mol. The summed E-state index contributed by atoms with van der Waals surface area (Å²) in [6.07, 6.45) is 2.09. The molecule has 1 fully saturated rings. The van der Waals surface area contributed by atoms with Crippen LogP contribution in [0.1, 0.15) is 60.3 Å². The lowest BCUT2D eigenvalue weighted by molar-refractivity contribution is -0.140. The van der Waals surface area contributed by atoms with E-state index in [1.165, 1.54) is 0 Å². The predicted molar refractivity (Wildman–Crippen MR) is 76.5 cm³/mol. The van der Waals surface area contributed by atoms with Crippen LogP contribution < -0.4 is 5.32 Å². The number of carboxylic acids is 1. The smallest absolute Gasteiger partial charge is 0.408 e. The Kier molecular flexibility index (Phi) is 5.05. The van der Waals surface area contributed by atoms with Gasteiger partial charge in [-0.1, -0.05) is 26.7 Å². The minimum Gasteiger partial charge on any atom is -0.481 e. The third-order valence-electron chi connectivity index (χ3n) is 4.22. The molecule has 5 heteroatoms. The molecule has 2 N–H and O–H groups in total. The van der Waals surface area contributed by atoms with E-state index in [0.29, 0.717) is 12.3 Å². The molecular formula is C15H27NO4. The molecule has 0 aliphatic heterocycles. The van der Waals surface area contributed by atoms with Crippen LogP contribution >= 0.6 is 0 Å². The second-order valence-electron chi connectivity index (χ2n) is 7.01. The van der Waals surface area contributed by atoms with E-state index in [1.54, 1.807) is 20.8 Å². The fraction of sp³-hybridized carbons (Fsp3) is 0.867. The zero-order valence-electron chi connectivity index (χ0n) is 13.2. The van der Waals surface area contributed by atoms with Gasteiger partial charge in [0.25, 0.3) is 0 Å². The molecule has 20 heavy (non-hydrogen) atoms. The molecule has 3 atom stereocenters. The lowest BCUT2D eigenvalue weighted by atomic mass is 9.67. The van der Waals surface area contributed by atoms with Crippen molar-refractivity contribution in [3.05, 3.63) is 0 Å². The predicted octanol–water partition coefficient (Wildman–Crippen LogP) is 3.18. The highest BCUT2D eigenvalue weighted by molar-refractivity contribution is 5.73. The van der Waals surface area contributed by atoms with Crippen molar-refractivity contribution in [1.29, 1.82) is 0 Å². The molecule has 0 saturated heterocycles. The third-order valence-corrected chi connectivity index (χ3v) is 4.22. The Balaban J connectivity index is 2.89. The molecule has 0 bridgehead atoms. The first-order chi connectivity index (χ1) is 9.06. The minimum atomic E-state index is -0.887. The molecule has 116 valence electrons. The highest BCUT2D eigenvalue weighted by Gasteiger charge is 2.45. The van der Waals surface area contributed by atoms with E-state index in [1.807, 2.05) is 6.92 Å². The molecule has 0 heterocycles. The number of rotatable bonds is 3. The monoisotopic (exact) mass is 285 g/mol. The second-order valence-corrected chi connectivity index (χ2v) is 7.01. The summed E-state index contributed by atoms with van der Waals surface area (Å²) in [4.78, 5) is 23.2. The summed E-state index contributed by atoms with van der Waals surface area (Å²) < 4.78 is 5.29. The summed E-state index contributed by atoms with van der Waals surface area (Å²) in [6.45, 7) is 9.51. The molecule has 1 amide bonds. The molecule has 0 aromatic rings. The summed E-state index contributed by atoms with van der Waals surface area (Å²) >= 11 is 0. The first-order valence-electron chi connectivity index (χ1n) is 7.29. The quantitative estimate of drug-likeness (QED) is 0.835. The molecule has 1 rings (SSSR count). The van der Waals surface area contributed by atoms with Gasteiger partial charge in [0.1, 0.15) is 5.60 Å². The Morgan fingerprint density at radius 3 is 2.45 bits per heavy atom. The van der Waals surface area contributed by atoms with E-state index in [0.717, 1.165) is 12.8 Å². The highest BCUT2D eigenvalue weighted by atomic mass is 16.6. The average Bonchev–Trinajstić information content (AvgIpc) is 2.21. The van der Waals surface area contributed by atoms with Gasteiger partial charge in [-0.25, -0.2) is 4.79 Å². The van der Waals surface area contributed by atoms with Crippen molar-refractivity contribution < 1.29 is 19.4 Å². The number of hydrogen-bond acceptors (Lipinski definition) is 3. The minimum absolute atomic E-state index is 0.0578. The van der Waals surface area contributed by atoms with Crippen LogP contribution in [-0.2, 0) is 9.53 Å². The van der Waals surface area contributed by atoms with E-state index in [9.17, 15) is 14.7 Å². The van der Waals surface area contributed by atoms with E-state index >= 15 is 0 Å². The Morgan fingerprint density at radius 2 is 1.95 bits per heavy atom. The van der Waals surface area contributed by atoms with Crippen LogP contribution in [0.5, 0.6) is 0 Å². The Morgan fingerprint density at radius 1 is 1.35 bits per heavy atom.